The van der Waals surface area contributed by atoms with Crippen molar-refractivity contribution in [1.82, 2.24) is 0 Å². The summed E-state index contributed by atoms with van der Waals surface area (Å²) in [5.74, 6) is 4.68. The molecule has 0 bridgehead atoms. The molecule has 0 N–H and O–H groups in total. The Bertz CT molecular complexity index is 209. The fourth-order valence-electron chi connectivity index (χ4n) is 1.97. The SMILES string of the molecule is CCCCC#CS(CC)(C(C)C)C(C)C. The first-order valence-electron chi connectivity index (χ1n) is 6.29. The molecule has 0 aliphatic heterocycles. The highest BCUT2D eigenvalue weighted by atomic mass is 32.3. The Balaban J connectivity index is 4.67. The molecule has 0 rings (SSSR count). The maximum absolute atomic E-state index is 3.65. The summed E-state index contributed by atoms with van der Waals surface area (Å²) in [5, 5.41) is 5.12. The van der Waals surface area contributed by atoms with E-state index in [4.69, 9.17) is 0 Å². The average molecular weight is 228 g/mol. The summed E-state index contributed by atoms with van der Waals surface area (Å²) >= 11 is 0. The van der Waals surface area contributed by atoms with Gasteiger partial charge in [-0.15, -0.1) is 0 Å². The summed E-state index contributed by atoms with van der Waals surface area (Å²) in [6, 6.07) is 0. The lowest BCUT2D eigenvalue weighted by Crippen LogP contribution is -2.21. The molecule has 0 aliphatic rings. The molecule has 0 heterocycles. The van der Waals surface area contributed by atoms with Gasteiger partial charge in [0.15, 0.2) is 0 Å². The van der Waals surface area contributed by atoms with Crippen molar-refractivity contribution in [3.63, 3.8) is 0 Å². The Morgan fingerprint density at radius 1 is 1.00 bits per heavy atom. The van der Waals surface area contributed by atoms with Gasteiger partial charge in [0.25, 0.3) is 0 Å². The van der Waals surface area contributed by atoms with Crippen molar-refractivity contribution < 1.29 is 0 Å². The van der Waals surface area contributed by atoms with Crippen LogP contribution in [0.15, 0.2) is 0 Å². The van der Waals surface area contributed by atoms with Crippen LogP contribution in [-0.4, -0.2) is 16.3 Å². The molecule has 0 saturated carbocycles. The highest BCUT2D eigenvalue weighted by molar-refractivity contribution is 8.38. The van der Waals surface area contributed by atoms with E-state index in [9.17, 15) is 0 Å². The Kier molecular flexibility index (Phi) is 7.18. The topological polar surface area (TPSA) is 0 Å². The highest BCUT2D eigenvalue weighted by Crippen LogP contribution is 2.55. The van der Waals surface area contributed by atoms with Gasteiger partial charge in [0.2, 0.25) is 0 Å². The summed E-state index contributed by atoms with van der Waals surface area (Å²) in [6.07, 6.45) is 3.60. The predicted octanol–water partition coefficient (Wildman–Crippen LogP) is 4.78. The predicted molar refractivity (Wildman–Crippen MR) is 75.7 cm³/mol. The summed E-state index contributed by atoms with van der Waals surface area (Å²) in [7, 11) is -0.709. The number of hydrogen-bond donors (Lipinski definition) is 0. The molecule has 0 aromatic rings. The third-order valence-electron chi connectivity index (χ3n) is 3.08. The third kappa shape index (κ3) is 4.11. The second kappa shape index (κ2) is 7.23. The zero-order chi connectivity index (χ0) is 11.9. The standard InChI is InChI=1S/C14H28S/c1-7-9-10-11-12-15(8-2,13(3)4)14(5)6/h13-14H,7-10H2,1-6H3. The third-order valence-corrected chi connectivity index (χ3v) is 7.92. The minimum absolute atomic E-state index is 0.709. The second-order valence-corrected chi connectivity index (χ2v) is 8.98. The molecule has 0 spiro atoms. The number of rotatable bonds is 5. The summed E-state index contributed by atoms with van der Waals surface area (Å²) < 4.78 is 0. The normalized spacial score (nSPS) is 12.8. The van der Waals surface area contributed by atoms with Crippen LogP contribution in [0, 0.1) is 11.2 Å². The lowest BCUT2D eigenvalue weighted by molar-refractivity contribution is 0.828. The molecule has 0 nitrogen and oxygen atoms in total. The molecule has 0 unspecified atom stereocenters. The van der Waals surface area contributed by atoms with Crippen LogP contribution in [-0.2, 0) is 0 Å². The van der Waals surface area contributed by atoms with Crippen molar-refractivity contribution in [1.29, 1.82) is 0 Å². The molecular weight excluding hydrogens is 200 g/mol. The molecule has 90 valence electrons. The van der Waals surface area contributed by atoms with Crippen molar-refractivity contribution in [2.24, 2.45) is 0 Å². The summed E-state index contributed by atoms with van der Waals surface area (Å²) in [6.45, 7) is 13.9. The van der Waals surface area contributed by atoms with Gasteiger partial charge in [0.1, 0.15) is 0 Å². The van der Waals surface area contributed by atoms with Gasteiger partial charge >= 0.3 is 0 Å². The summed E-state index contributed by atoms with van der Waals surface area (Å²) in [4.78, 5) is 0. The molecule has 0 saturated heterocycles. The smallest absolute Gasteiger partial charge is 0.00970 e. The fourth-order valence-corrected chi connectivity index (χ4v) is 5.38. The molecular formula is C14H28S. The van der Waals surface area contributed by atoms with Crippen molar-refractivity contribution in [3.05, 3.63) is 0 Å². The molecule has 0 amide bonds. The van der Waals surface area contributed by atoms with Crippen molar-refractivity contribution >= 4 is 10.0 Å². The molecule has 0 aliphatic carbocycles. The van der Waals surface area contributed by atoms with E-state index in [0.717, 1.165) is 16.9 Å². The van der Waals surface area contributed by atoms with Crippen LogP contribution in [0.25, 0.3) is 0 Å². The quantitative estimate of drug-likeness (QED) is 0.469. The first-order valence-corrected chi connectivity index (χ1v) is 8.22. The molecule has 0 atom stereocenters. The molecule has 0 aromatic heterocycles. The van der Waals surface area contributed by atoms with Crippen LogP contribution < -0.4 is 0 Å². The van der Waals surface area contributed by atoms with E-state index in [1.54, 1.807) is 0 Å². The molecule has 1 heteroatoms. The van der Waals surface area contributed by atoms with Gasteiger partial charge in [-0.1, -0.05) is 59.1 Å². The van der Waals surface area contributed by atoms with Crippen LogP contribution >= 0.6 is 10.0 Å². The maximum atomic E-state index is 3.65. The van der Waals surface area contributed by atoms with E-state index in [-0.39, 0.29) is 0 Å². The van der Waals surface area contributed by atoms with E-state index in [2.05, 4.69) is 52.7 Å². The minimum Gasteiger partial charge on any atom is -0.173 e. The molecule has 0 aromatic carbocycles. The first-order chi connectivity index (χ1) is 7.01. The fraction of sp³-hybridized carbons (Fsp3) is 0.857. The van der Waals surface area contributed by atoms with Gasteiger partial charge in [0, 0.05) is 6.42 Å². The lowest BCUT2D eigenvalue weighted by atomic mass is 10.3. The minimum atomic E-state index is -0.709. The van der Waals surface area contributed by atoms with E-state index in [1.807, 2.05) is 0 Å². The molecule has 0 radical (unpaired) electrons. The number of hydrogen-bond acceptors (Lipinski definition) is 0. The van der Waals surface area contributed by atoms with Gasteiger partial charge in [-0.05, 0) is 22.7 Å². The summed E-state index contributed by atoms with van der Waals surface area (Å²) in [5.41, 5.74) is 0. The van der Waals surface area contributed by atoms with E-state index < -0.39 is 10.0 Å². The Hall–Kier alpha value is -0.0900. The lowest BCUT2D eigenvalue weighted by Gasteiger charge is -2.42. The van der Waals surface area contributed by atoms with Crippen molar-refractivity contribution in [2.75, 3.05) is 5.75 Å². The van der Waals surface area contributed by atoms with Gasteiger partial charge in [-0.3, -0.25) is 0 Å². The van der Waals surface area contributed by atoms with E-state index in [0.29, 0.717) is 0 Å². The van der Waals surface area contributed by atoms with Crippen LogP contribution in [0.2, 0.25) is 0 Å². The van der Waals surface area contributed by atoms with E-state index >= 15 is 0 Å². The van der Waals surface area contributed by atoms with Crippen LogP contribution in [0.3, 0.4) is 0 Å². The van der Waals surface area contributed by atoms with Crippen LogP contribution in [0.1, 0.15) is 60.8 Å². The van der Waals surface area contributed by atoms with Gasteiger partial charge in [-0.2, -0.15) is 10.0 Å². The molecule has 15 heavy (non-hydrogen) atoms. The second-order valence-electron chi connectivity index (χ2n) is 4.62. The maximum Gasteiger partial charge on any atom is 0.00970 e. The zero-order valence-electron chi connectivity index (χ0n) is 11.4. The van der Waals surface area contributed by atoms with Crippen molar-refractivity contribution in [3.8, 4) is 11.2 Å². The number of unbranched alkanes of at least 4 members (excludes halogenated alkanes) is 2. The van der Waals surface area contributed by atoms with Crippen LogP contribution in [0.4, 0.5) is 0 Å². The largest absolute Gasteiger partial charge is 0.173 e. The highest BCUT2D eigenvalue weighted by Gasteiger charge is 2.27. The van der Waals surface area contributed by atoms with E-state index in [1.165, 1.54) is 18.6 Å². The first kappa shape index (κ1) is 14.9. The van der Waals surface area contributed by atoms with Crippen LogP contribution in [0.5, 0.6) is 0 Å². The van der Waals surface area contributed by atoms with Gasteiger partial charge < -0.3 is 0 Å². The molecule has 0 fully saturated rings. The Labute approximate surface area is 98.5 Å². The average Bonchev–Trinajstić information content (AvgIpc) is 2.17. The zero-order valence-corrected chi connectivity index (χ0v) is 12.2. The Morgan fingerprint density at radius 2 is 1.53 bits per heavy atom. The monoisotopic (exact) mass is 228 g/mol. The van der Waals surface area contributed by atoms with Gasteiger partial charge in [0.05, 0.1) is 0 Å². The Morgan fingerprint density at radius 3 is 1.87 bits per heavy atom. The van der Waals surface area contributed by atoms with Crippen molar-refractivity contribution in [2.45, 2.75) is 71.3 Å². The van der Waals surface area contributed by atoms with Gasteiger partial charge in [-0.25, -0.2) is 0 Å².